The Kier molecular flexibility index (Phi) is 4.28. The van der Waals surface area contributed by atoms with E-state index in [4.69, 9.17) is 5.11 Å². The van der Waals surface area contributed by atoms with Crippen LogP contribution in [-0.2, 0) is 4.79 Å². The van der Waals surface area contributed by atoms with Gasteiger partial charge >= 0.3 is 0 Å². The number of rotatable bonds is 3. The van der Waals surface area contributed by atoms with Crippen LogP contribution in [0.15, 0.2) is 24.3 Å². The Morgan fingerprint density at radius 3 is 2.53 bits per heavy atom. The van der Waals surface area contributed by atoms with Gasteiger partial charge < -0.3 is 15.3 Å². The van der Waals surface area contributed by atoms with Gasteiger partial charge in [0.2, 0.25) is 5.91 Å². The Morgan fingerprint density at radius 1 is 1.29 bits per heavy atom. The third kappa shape index (κ3) is 3.38. The van der Waals surface area contributed by atoms with Crippen LogP contribution in [0.25, 0.3) is 0 Å². The number of amides is 1. The van der Waals surface area contributed by atoms with Crippen LogP contribution in [0, 0.1) is 0 Å². The fraction of sp³-hybridized carbons (Fsp3) is 0.417. The van der Waals surface area contributed by atoms with Gasteiger partial charge in [0, 0.05) is 36.0 Å². The number of carbonyl (C=O) groups excluding carboxylic acids is 1. The van der Waals surface area contributed by atoms with Crippen molar-refractivity contribution in [2.45, 2.75) is 0 Å². The predicted molar refractivity (Wildman–Crippen MR) is 71.7 cm³/mol. The molecule has 4 nitrogen and oxygen atoms in total. The first-order chi connectivity index (χ1) is 8.29. The summed E-state index contributed by atoms with van der Waals surface area (Å²) in [7, 11) is 0. The lowest BCUT2D eigenvalue weighted by atomic mass is 10.2. The number of carbonyl (C=O) groups is 1. The minimum absolute atomic E-state index is 0.382. The van der Waals surface area contributed by atoms with Gasteiger partial charge in [-0.15, -0.1) is 0 Å². The van der Waals surface area contributed by atoms with Crippen molar-refractivity contribution in [2.24, 2.45) is 0 Å². The standard InChI is InChI=1S/C12H16N2O2S/c15-9-12(16)13-10-1-3-11(4-2-10)14-5-7-17-8-6-14/h1-4,15H,5-9H2,(H,13,16). The Bertz CT molecular complexity index is 375. The summed E-state index contributed by atoms with van der Waals surface area (Å²) in [6.07, 6.45) is 0. The van der Waals surface area contributed by atoms with Crippen LogP contribution in [0.5, 0.6) is 0 Å². The second-order valence-corrected chi connectivity index (χ2v) is 5.08. The highest BCUT2D eigenvalue weighted by Crippen LogP contribution is 2.21. The molecule has 2 rings (SSSR count). The highest BCUT2D eigenvalue weighted by Gasteiger charge is 2.10. The first-order valence-electron chi connectivity index (χ1n) is 5.63. The summed E-state index contributed by atoms with van der Waals surface area (Å²) in [4.78, 5) is 13.3. The number of nitrogens with one attached hydrogen (secondary N) is 1. The molecule has 0 radical (unpaired) electrons. The van der Waals surface area contributed by atoms with E-state index in [9.17, 15) is 4.79 Å². The molecule has 0 unspecified atom stereocenters. The largest absolute Gasteiger partial charge is 0.387 e. The summed E-state index contributed by atoms with van der Waals surface area (Å²) < 4.78 is 0. The fourth-order valence-corrected chi connectivity index (χ4v) is 2.68. The van der Waals surface area contributed by atoms with Crippen molar-refractivity contribution >= 4 is 29.0 Å². The van der Waals surface area contributed by atoms with E-state index < -0.39 is 6.61 Å². The third-order valence-electron chi connectivity index (χ3n) is 2.67. The number of nitrogens with zero attached hydrogens (tertiary/aromatic N) is 1. The van der Waals surface area contributed by atoms with Crippen LogP contribution >= 0.6 is 11.8 Å². The molecule has 0 spiro atoms. The molecule has 1 fully saturated rings. The minimum atomic E-state index is -0.481. The van der Waals surface area contributed by atoms with Crippen LogP contribution in [-0.4, -0.2) is 42.2 Å². The van der Waals surface area contributed by atoms with Crippen LogP contribution in [0.1, 0.15) is 0 Å². The highest BCUT2D eigenvalue weighted by atomic mass is 32.2. The normalized spacial score (nSPS) is 15.7. The summed E-state index contributed by atoms with van der Waals surface area (Å²) in [5.74, 6) is 1.96. The predicted octanol–water partition coefficient (Wildman–Crippen LogP) is 1.17. The van der Waals surface area contributed by atoms with Gasteiger partial charge in [0.1, 0.15) is 6.61 Å². The monoisotopic (exact) mass is 252 g/mol. The van der Waals surface area contributed by atoms with E-state index in [1.165, 1.54) is 17.2 Å². The van der Waals surface area contributed by atoms with Crippen molar-refractivity contribution < 1.29 is 9.90 Å². The topological polar surface area (TPSA) is 52.6 Å². The number of anilines is 2. The van der Waals surface area contributed by atoms with Gasteiger partial charge in [0.25, 0.3) is 0 Å². The summed E-state index contributed by atoms with van der Waals surface area (Å²) in [6.45, 7) is 1.67. The number of aliphatic hydroxyl groups excluding tert-OH is 1. The van der Waals surface area contributed by atoms with E-state index in [1.807, 2.05) is 36.0 Å². The van der Waals surface area contributed by atoms with Crippen LogP contribution < -0.4 is 10.2 Å². The van der Waals surface area contributed by atoms with Gasteiger partial charge in [-0.25, -0.2) is 0 Å². The van der Waals surface area contributed by atoms with Gasteiger partial charge in [-0.05, 0) is 24.3 Å². The lowest BCUT2D eigenvalue weighted by Gasteiger charge is -2.28. The van der Waals surface area contributed by atoms with E-state index in [1.54, 1.807) is 0 Å². The van der Waals surface area contributed by atoms with E-state index in [2.05, 4.69) is 10.2 Å². The number of hydrogen-bond acceptors (Lipinski definition) is 4. The van der Waals surface area contributed by atoms with Crippen molar-refractivity contribution in [1.82, 2.24) is 0 Å². The van der Waals surface area contributed by atoms with Crippen molar-refractivity contribution in [3.63, 3.8) is 0 Å². The molecular weight excluding hydrogens is 236 g/mol. The molecule has 0 saturated carbocycles. The molecule has 2 N–H and O–H groups in total. The Morgan fingerprint density at radius 2 is 1.94 bits per heavy atom. The Labute approximate surface area is 105 Å². The summed E-state index contributed by atoms with van der Waals surface area (Å²) >= 11 is 1.98. The maximum absolute atomic E-state index is 11.0. The lowest BCUT2D eigenvalue weighted by Crippen LogP contribution is -2.32. The van der Waals surface area contributed by atoms with Crippen molar-refractivity contribution in [3.05, 3.63) is 24.3 Å². The molecule has 17 heavy (non-hydrogen) atoms. The molecule has 0 aromatic heterocycles. The maximum Gasteiger partial charge on any atom is 0.250 e. The molecule has 5 heteroatoms. The van der Waals surface area contributed by atoms with Crippen molar-refractivity contribution in [1.29, 1.82) is 0 Å². The molecule has 0 atom stereocenters. The summed E-state index contributed by atoms with van der Waals surface area (Å²) in [6, 6.07) is 7.74. The quantitative estimate of drug-likeness (QED) is 0.848. The zero-order valence-corrected chi connectivity index (χ0v) is 10.4. The molecule has 0 aliphatic carbocycles. The smallest absolute Gasteiger partial charge is 0.250 e. The minimum Gasteiger partial charge on any atom is -0.387 e. The molecule has 1 aromatic rings. The SMILES string of the molecule is O=C(CO)Nc1ccc(N2CCSCC2)cc1. The van der Waals surface area contributed by atoms with E-state index in [-0.39, 0.29) is 5.91 Å². The van der Waals surface area contributed by atoms with Crippen LogP contribution in [0.3, 0.4) is 0 Å². The Balaban J connectivity index is 1.99. The lowest BCUT2D eigenvalue weighted by molar-refractivity contribution is -0.118. The number of aliphatic hydroxyl groups is 1. The second-order valence-electron chi connectivity index (χ2n) is 3.85. The third-order valence-corrected chi connectivity index (χ3v) is 3.61. The molecule has 1 saturated heterocycles. The molecular formula is C12H16N2O2S. The first-order valence-corrected chi connectivity index (χ1v) is 6.78. The van der Waals surface area contributed by atoms with E-state index in [0.717, 1.165) is 18.8 Å². The van der Waals surface area contributed by atoms with Gasteiger partial charge in [-0.3, -0.25) is 4.79 Å². The zero-order chi connectivity index (χ0) is 12.1. The Hall–Kier alpha value is -1.20. The molecule has 1 amide bonds. The zero-order valence-electron chi connectivity index (χ0n) is 9.56. The van der Waals surface area contributed by atoms with E-state index in [0.29, 0.717) is 0 Å². The molecule has 1 heterocycles. The summed E-state index contributed by atoms with van der Waals surface area (Å²) in [5.41, 5.74) is 1.91. The van der Waals surface area contributed by atoms with Crippen molar-refractivity contribution in [2.75, 3.05) is 41.4 Å². The fourth-order valence-electron chi connectivity index (χ4n) is 1.78. The number of benzene rings is 1. The average molecular weight is 252 g/mol. The molecule has 1 aliphatic heterocycles. The number of thioether (sulfide) groups is 1. The maximum atomic E-state index is 11.0. The highest BCUT2D eigenvalue weighted by molar-refractivity contribution is 7.99. The van der Waals surface area contributed by atoms with Gasteiger partial charge in [-0.2, -0.15) is 11.8 Å². The molecule has 1 aliphatic rings. The van der Waals surface area contributed by atoms with Crippen molar-refractivity contribution in [3.8, 4) is 0 Å². The van der Waals surface area contributed by atoms with Gasteiger partial charge in [-0.1, -0.05) is 0 Å². The molecule has 1 aromatic carbocycles. The number of hydrogen-bond donors (Lipinski definition) is 2. The van der Waals surface area contributed by atoms with Crippen LogP contribution in [0.2, 0.25) is 0 Å². The van der Waals surface area contributed by atoms with E-state index >= 15 is 0 Å². The molecule has 0 bridgehead atoms. The van der Waals surface area contributed by atoms with Gasteiger partial charge in [0.15, 0.2) is 0 Å². The molecule has 92 valence electrons. The first kappa shape index (κ1) is 12.3. The van der Waals surface area contributed by atoms with Crippen LogP contribution in [0.4, 0.5) is 11.4 Å². The summed E-state index contributed by atoms with van der Waals surface area (Å²) in [5, 5.41) is 11.2. The second kappa shape index (κ2) is 5.93. The van der Waals surface area contributed by atoms with Gasteiger partial charge in [0.05, 0.1) is 0 Å². The average Bonchev–Trinajstić information content (AvgIpc) is 2.40.